The molecule has 0 aliphatic carbocycles. The van der Waals surface area contributed by atoms with Gasteiger partial charge in [0.05, 0.1) is 5.92 Å². The van der Waals surface area contributed by atoms with Gasteiger partial charge in [0.15, 0.2) is 0 Å². The van der Waals surface area contributed by atoms with Gasteiger partial charge in [-0.3, -0.25) is 9.69 Å². The number of halogens is 1. The number of hydrogen-bond acceptors (Lipinski definition) is 2. The number of nitrogens with zero attached hydrogens (tertiary/aromatic N) is 1. The lowest BCUT2D eigenvalue weighted by atomic mass is 10.1. The minimum Gasteiger partial charge on any atom is -0.481 e. The van der Waals surface area contributed by atoms with Crippen molar-refractivity contribution in [3.05, 3.63) is 35.6 Å². The number of carboxylic acids is 1. The molecule has 0 aliphatic heterocycles. The van der Waals surface area contributed by atoms with E-state index >= 15 is 0 Å². The molecular formula is C15H22FNO2. The lowest BCUT2D eigenvalue weighted by Gasteiger charge is -2.24. The van der Waals surface area contributed by atoms with Gasteiger partial charge in [-0.05, 0) is 30.7 Å². The van der Waals surface area contributed by atoms with Gasteiger partial charge in [0.25, 0.3) is 0 Å². The second-order valence-electron chi connectivity index (χ2n) is 4.95. The molecule has 0 saturated heterocycles. The molecule has 0 radical (unpaired) electrons. The van der Waals surface area contributed by atoms with E-state index in [-0.39, 0.29) is 5.82 Å². The van der Waals surface area contributed by atoms with Crippen LogP contribution in [0, 0.1) is 11.7 Å². The topological polar surface area (TPSA) is 40.5 Å². The van der Waals surface area contributed by atoms with Crippen molar-refractivity contribution < 1.29 is 14.3 Å². The molecule has 1 N–H and O–H groups in total. The van der Waals surface area contributed by atoms with E-state index < -0.39 is 11.9 Å². The number of carbonyl (C=O) groups is 1. The summed E-state index contributed by atoms with van der Waals surface area (Å²) in [5.74, 6) is -1.42. The van der Waals surface area contributed by atoms with Gasteiger partial charge in [0.1, 0.15) is 5.82 Å². The van der Waals surface area contributed by atoms with Crippen molar-refractivity contribution in [2.24, 2.45) is 5.92 Å². The van der Waals surface area contributed by atoms with Crippen LogP contribution in [0.5, 0.6) is 0 Å². The van der Waals surface area contributed by atoms with E-state index in [2.05, 4.69) is 11.8 Å². The maximum absolute atomic E-state index is 12.9. The van der Waals surface area contributed by atoms with Crippen LogP contribution in [0.2, 0.25) is 0 Å². The molecule has 0 aromatic heterocycles. The average Bonchev–Trinajstić information content (AvgIpc) is 2.38. The maximum atomic E-state index is 12.9. The van der Waals surface area contributed by atoms with Crippen LogP contribution < -0.4 is 0 Å². The molecule has 0 amide bonds. The van der Waals surface area contributed by atoms with Gasteiger partial charge in [-0.25, -0.2) is 4.39 Å². The highest BCUT2D eigenvalue weighted by Gasteiger charge is 2.16. The largest absolute Gasteiger partial charge is 0.481 e. The molecule has 106 valence electrons. The van der Waals surface area contributed by atoms with Crippen molar-refractivity contribution in [2.45, 2.75) is 33.2 Å². The molecular weight excluding hydrogens is 245 g/mol. The Morgan fingerprint density at radius 2 is 2.00 bits per heavy atom. The van der Waals surface area contributed by atoms with Gasteiger partial charge in [0, 0.05) is 13.1 Å². The number of aliphatic carboxylic acids is 1. The number of benzene rings is 1. The van der Waals surface area contributed by atoms with E-state index in [0.29, 0.717) is 13.1 Å². The zero-order valence-corrected chi connectivity index (χ0v) is 11.6. The summed E-state index contributed by atoms with van der Waals surface area (Å²) in [7, 11) is 0. The quantitative estimate of drug-likeness (QED) is 0.786. The van der Waals surface area contributed by atoms with Crippen LogP contribution in [-0.2, 0) is 11.3 Å². The fraction of sp³-hybridized carbons (Fsp3) is 0.533. The van der Waals surface area contributed by atoms with Gasteiger partial charge < -0.3 is 5.11 Å². The Kier molecular flexibility index (Phi) is 6.50. The smallest absolute Gasteiger partial charge is 0.307 e. The molecule has 4 heteroatoms. The first-order valence-corrected chi connectivity index (χ1v) is 6.72. The van der Waals surface area contributed by atoms with Gasteiger partial charge in [-0.2, -0.15) is 0 Å². The molecule has 1 atom stereocenters. The summed E-state index contributed by atoms with van der Waals surface area (Å²) in [5.41, 5.74) is 1.01. The van der Waals surface area contributed by atoms with Gasteiger partial charge >= 0.3 is 5.97 Å². The molecule has 3 nitrogen and oxygen atoms in total. The first-order valence-electron chi connectivity index (χ1n) is 6.72. The Morgan fingerprint density at radius 1 is 1.37 bits per heavy atom. The molecule has 0 heterocycles. The van der Waals surface area contributed by atoms with E-state index in [1.807, 2.05) is 0 Å². The Hall–Kier alpha value is -1.42. The van der Waals surface area contributed by atoms with Crippen LogP contribution in [-0.4, -0.2) is 29.1 Å². The lowest BCUT2D eigenvalue weighted by Crippen LogP contribution is -2.32. The first-order chi connectivity index (χ1) is 9.02. The van der Waals surface area contributed by atoms with Gasteiger partial charge in [-0.15, -0.1) is 0 Å². The Morgan fingerprint density at radius 3 is 2.53 bits per heavy atom. The molecule has 0 aliphatic rings. The third-order valence-corrected chi connectivity index (χ3v) is 3.10. The predicted octanol–water partition coefficient (Wildman–Crippen LogP) is 3.15. The molecule has 0 bridgehead atoms. The van der Waals surface area contributed by atoms with Crippen LogP contribution in [0.1, 0.15) is 32.3 Å². The number of carboxylic acid groups (broad SMARTS) is 1. The fourth-order valence-electron chi connectivity index (χ4n) is 1.93. The van der Waals surface area contributed by atoms with Crippen LogP contribution in [0.3, 0.4) is 0 Å². The Balaban J connectivity index is 2.62. The summed E-state index contributed by atoms with van der Waals surface area (Å²) in [6.07, 6.45) is 2.11. The molecule has 1 unspecified atom stereocenters. The molecule has 0 spiro atoms. The van der Waals surface area contributed by atoms with Crippen LogP contribution in [0.25, 0.3) is 0 Å². The summed E-state index contributed by atoms with van der Waals surface area (Å²) in [5, 5.41) is 8.98. The lowest BCUT2D eigenvalue weighted by molar-refractivity contribution is -0.141. The van der Waals surface area contributed by atoms with Crippen molar-refractivity contribution in [3.63, 3.8) is 0 Å². The first kappa shape index (κ1) is 15.6. The average molecular weight is 267 g/mol. The standard InChI is InChI=1S/C15H22FNO2/c1-3-4-9-17(10-12(2)15(18)19)11-13-5-7-14(16)8-6-13/h5-8,12H,3-4,9-11H2,1-2H3,(H,18,19). The Labute approximate surface area is 114 Å². The molecule has 0 saturated carbocycles. The van der Waals surface area contributed by atoms with Crippen molar-refractivity contribution in [2.75, 3.05) is 13.1 Å². The minimum atomic E-state index is -0.777. The summed E-state index contributed by atoms with van der Waals surface area (Å²) < 4.78 is 12.9. The Bertz CT molecular complexity index is 392. The molecule has 19 heavy (non-hydrogen) atoms. The second kappa shape index (κ2) is 7.89. The van der Waals surface area contributed by atoms with Crippen LogP contribution >= 0.6 is 0 Å². The summed E-state index contributed by atoms with van der Waals surface area (Å²) >= 11 is 0. The summed E-state index contributed by atoms with van der Waals surface area (Å²) in [4.78, 5) is 13.0. The van der Waals surface area contributed by atoms with Crippen molar-refractivity contribution >= 4 is 5.97 Å². The van der Waals surface area contributed by atoms with Crippen molar-refractivity contribution in [1.29, 1.82) is 0 Å². The predicted molar refractivity (Wildman–Crippen MR) is 73.4 cm³/mol. The monoisotopic (exact) mass is 267 g/mol. The highest BCUT2D eigenvalue weighted by molar-refractivity contribution is 5.69. The number of rotatable bonds is 8. The normalized spacial score (nSPS) is 12.6. The second-order valence-corrected chi connectivity index (χ2v) is 4.95. The summed E-state index contributed by atoms with van der Waals surface area (Å²) in [6, 6.07) is 6.38. The van der Waals surface area contributed by atoms with E-state index in [1.54, 1.807) is 19.1 Å². The number of unbranched alkanes of at least 4 members (excludes halogenated alkanes) is 1. The zero-order valence-electron chi connectivity index (χ0n) is 11.6. The molecule has 1 aromatic carbocycles. The highest BCUT2D eigenvalue weighted by atomic mass is 19.1. The van der Waals surface area contributed by atoms with Gasteiger partial charge in [0.2, 0.25) is 0 Å². The van der Waals surface area contributed by atoms with Crippen molar-refractivity contribution in [1.82, 2.24) is 4.90 Å². The zero-order chi connectivity index (χ0) is 14.3. The minimum absolute atomic E-state index is 0.247. The van der Waals surface area contributed by atoms with Crippen LogP contribution in [0.15, 0.2) is 24.3 Å². The molecule has 1 aromatic rings. The van der Waals surface area contributed by atoms with E-state index in [4.69, 9.17) is 5.11 Å². The summed E-state index contributed by atoms with van der Waals surface area (Å²) in [6.45, 7) is 5.87. The molecule has 1 rings (SSSR count). The van der Waals surface area contributed by atoms with Crippen molar-refractivity contribution in [3.8, 4) is 0 Å². The van der Waals surface area contributed by atoms with Crippen LogP contribution in [0.4, 0.5) is 4.39 Å². The third kappa shape index (κ3) is 5.83. The van der Waals surface area contributed by atoms with Gasteiger partial charge in [-0.1, -0.05) is 32.4 Å². The number of hydrogen-bond donors (Lipinski definition) is 1. The van der Waals surface area contributed by atoms with E-state index in [1.165, 1.54) is 12.1 Å². The highest BCUT2D eigenvalue weighted by Crippen LogP contribution is 2.10. The fourth-order valence-corrected chi connectivity index (χ4v) is 1.93. The SMILES string of the molecule is CCCCN(Cc1ccc(F)cc1)CC(C)C(=O)O. The van der Waals surface area contributed by atoms with E-state index in [9.17, 15) is 9.18 Å². The maximum Gasteiger partial charge on any atom is 0.307 e. The third-order valence-electron chi connectivity index (χ3n) is 3.10. The molecule has 0 fully saturated rings. The van der Waals surface area contributed by atoms with E-state index in [0.717, 1.165) is 24.9 Å².